The number of hydrogen-bond acceptors (Lipinski definition) is 7. The number of benzene rings is 3. The molecule has 2 unspecified atom stereocenters. The van der Waals surface area contributed by atoms with Gasteiger partial charge in [-0.1, -0.05) is 74.0 Å². The smallest absolute Gasteiger partial charge is 0.348 e. The molecule has 11 heteroatoms. The van der Waals surface area contributed by atoms with E-state index < -0.39 is 17.6 Å². The molecule has 42 heavy (non-hydrogen) atoms. The lowest BCUT2D eigenvalue weighted by Crippen LogP contribution is -2.35. The highest BCUT2D eigenvalue weighted by molar-refractivity contribution is 6.30. The number of carbonyl (C=O) groups is 1. The maximum atomic E-state index is 13.6. The van der Waals surface area contributed by atoms with Crippen LogP contribution in [0.5, 0.6) is 11.5 Å². The van der Waals surface area contributed by atoms with E-state index in [1.165, 1.54) is 9.25 Å². The van der Waals surface area contributed by atoms with E-state index in [4.69, 9.17) is 31.9 Å². The zero-order valence-electron chi connectivity index (χ0n) is 24.3. The summed E-state index contributed by atoms with van der Waals surface area (Å²) in [6.45, 7) is 6.11. The molecule has 0 saturated heterocycles. The first-order valence-corrected chi connectivity index (χ1v) is 14.0. The van der Waals surface area contributed by atoms with Crippen LogP contribution >= 0.6 is 11.6 Å². The largest absolute Gasteiger partial charge is 0.493 e. The molecule has 2 heterocycles. The summed E-state index contributed by atoms with van der Waals surface area (Å²) in [6, 6.07) is 21.8. The lowest BCUT2D eigenvalue weighted by Gasteiger charge is -2.18. The zero-order valence-corrected chi connectivity index (χ0v) is 25.1. The second-order valence-electron chi connectivity index (χ2n) is 9.42. The van der Waals surface area contributed by atoms with Gasteiger partial charge in [0.15, 0.2) is 11.5 Å². The van der Waals surface area contributed by atoms with Crippen LogP contribution < -0.4 is 25.9 Å². The van der Waals surface area contributed by atoms with Gasteiger partial charge in [0.2, 0.25) is 11.9 Å². The number of hydrogen-bond donors (Lipinski definition) is 1. The van der Waals surface area contributed by atoms with E-state index in [9.17, 15) is 9.59 Å². The molecule has 0 saturated carbocycles. The maximum absolute atomic E-state index is 13.6. The molecule has 1 aliphatic heterocycles. The van der Waals surface area contributed by atoms with Crippen LogP contribution in [0.4, 0.5) is 5.95 Å². The standard InChI is InChI=1S/C29H29ClN6O4.C2H6/c1-18(27(31)37)36-28(33-35(29(36)38)16-19-9-14-24(39-2)25(15-19)40-3)34-17-23(20-7-5-4-6-8-20)26(32-34)21-10-12-22(30)13-11-21;1-2/h4-15,18,23H,16-17H2,1-3H3,(H2,31,37);1-2H3. The fraction of sp³-hybridized carbons (Fsp3) is 0.290. The Bertz CT molecular complexity index is 1610. The predicted octanol–water partition coefficient (Wildman–Crippen LogP) is 4.84. The van der Waals surface area contributed by atoms with Crippen molar-refractivity contribution in [3.05, 3.63) is 105 Å². The van der Waals surface area contributed by atoms with Gasteiger partial charge in [-0.05, 0) is 47.9 Å². The van der Waals surface area contributed by atoms with E-state index in [1.807, 2.05) is 74.5 Å². The van der Waals surface area contributed by atoms with Crippen molar-refractivity contribution in [2.45, 2.75) is 39.3 Å². The van der Waals surface area contributed by atoms with Crippen LogP contribution in [-0.4, -0.2) is 46.7 Å². The van der Waals surface area contributed by atoms with Crippen molar-refractivity contribution >= 4 is 29.2 Å². The van der Waals surface area contributed by atoms with Gasteiger partial charge < -0.3 is 15.2 Å². The highest BCUT2D eigenvalue weighted by atomic mass is 35.5. The lowest BCUT2D eigenvalue weighted by atomic mass is 9.91. The molecule has 1 aliphatic rings. The zero-order chi connectivity index (χ0) is 30.4. The quantitative estimate of drug-likeness (QED) is 0.298. The van der Waals surface area contributed by atoms with Crippen molar-refractivity contribution in [3.8, 4) is 11.5 Å². The average molecular weight is 591 g/mol. The van der Waals surface area contributed by atoms with Crippen molar-refractivity contribution in [1.29, 1.82) is 0 Å². The molecule has 3 aromatic carbocycles. The van der Waals surface area contributed by atoms with E-state index in [0.717, 1.165) is 22.4 Å². The molecular formula is C31H35ClN6O4. The summed E-state index contributed by atoms with van der Waals surface area (Å²) in [5, 5.41) is 11.8. The molecule has 0 bridgehead atoms. The number of halogens is 1. The van der Waals surface area contributed by atoms with Crippen molar-refractivity contribution in [1.82, 2.24) is 14.3 Å². The molecule has 0 fully saturated rings. The highest BCUT2D eigenvalue weighted by Gasteiger charge is 2.34. The Kier molecular flexibility index (Phi) is 9.69. The first-order chi connectivity index (χ1) is 20.3. The van der Waals surface area contributed by atoms with Gasteiger partial charge in [0.1, 0.15) is 6.04 Å². The number of aromatic nitrogens is 3. The summed E-state index contributed by atoms with van der Waals surface area (Å²) in [5.74, 6) is 0.545. The average Bonchev–Trinajstić information content (AvgIpc) is 3.60. The number of amides is 1. The second-order valence-corrected chi connectivity index (χ2v) is 9.85. The Morgan fingerprint density at radius 3 is 2.31 bits per heavy atom. The van der Waals surface area contributed by atoms with Gasteiger partial charge in [0.05, 0.1) is 33.0 Å². The third kappa shape index (κ3) is 6.18. The molecule has 0 aliphatic carbocycles. The van der Waals surface area contributed by atoms with Crippen LogP contribution in [0.3, 0.4) is 0 Å². The minimum atomic E-state index is -0.952. The van der Waals surface area contributed by atoms with Crippen molar-refractivity contribution in [2.24, 2.45) is 10.8 Å². The normalized spacial score (nSPS) is 15.0. The number of nitrogens with two attached hydrogens (primary N) is 1. The van der Waals surface area contributed by atoms with Gasteiger partial charge in [-0.15, -0.1) is 5.10 Å². The van der Waals surface area contributed by atoms with E-state index in [-0.39, 0.29) is 18.4 Å². The van der Waals surface area contributed by atoms with Crippen LogP contribution in [0.1, 0.15) is 49.4 Å². The van der Waals surface area contributed by atoms with E-state index in [0.29, 0.717) is 23.1 Å². The Balaban J connectivity index is 0.00000198. The van der Waals surface area contributed by atoms with E-state index in [1.54, 1.807) is 38.3 Å². The van der Waals surface area contributed by atoms with Gasteiger partial charge in [-0.25, -0.2) is 19.1 Å². The topological polar surface area (TPSA) is 117 Å². The van der Waals surface area contributed by atoms with Crippen LogP contribution in [0.2, 0.25) is 5.02 Å². The minimum Gasteiger partial charge on any atom is -0.493 e. The monoisotopic (exact) mass is 590 g/mol. The van der Waals surface area contributed by atoms with Crippen LogP contribution in [-0.2, 0) is 11.3 Å². The lowest BCUT2D eigenvalue weighted by molar-refractivity contribution is -0.120. The van der Waals surface area contributed by atoms with E-state index in [2.05, 4.69) is 5.10 Å². The molecular weight excluding hydrogens is 556 g/mol. The third-order valence-electron chi connectivity index (χ3n) is 6.92. The Morgan fingerprint density at radius 2 is 1.69 bits per heavy atom. The molecule has 4 aromatic rings. The van der Waals surface area contributed by atoms with E-state index >= 15 is 0 Å². The molecule has 1 aromatic heterocycles. The Hall–Kier alpha value is -4.57. The molecule has 5 rings (SSSR count). The maximum Gasteiger partial charge on any atom is 0.348 e. The summed E-state index contributed by atoms with van der Waals surface area (Å²) in [7, 11) is 3.10. The molecule has 2 atom stereocenters. The molecule has 1 amide bonds. The molecule has 2 N–H and O–H groups in total. The first-order valence-electron chi connectivity index (χ1n) is 13.7. The number of rotatable bonds is 9. The molecule has 0 radical (unpaired) electrons. The Labute approximate surface area is 249 Å². The molecule has 10 nitrogen and oxygen atoms in total. The number of nitrogens with zero attached hydrogens (tertiary/aromatic N) is 5. The molecule has 220 valence electrons. The SMILES string of the molecule is CC.COc1ccc(Cn2nc(N3CC(c4ccccc4)C(c4ccc(Cl)cc4)=N3)n(C(C)C(N)=O)c2=O)cc1OC. The number of anilines is 1. The van der Waals surface area contributed by atoms with Gasteiger partial charge in [0, 0.05) is 10.9 Å². The van der Waals surface area contributed by atoms with Gasteiger partial charge in [-0.3, -0.25) is 4.79 Å². The van der Waals surface area contributed by atoms with Crippen molar-refractivity contribution < 1.29 is 14.3 Å². The minimum absolute atomic E-state index is 0.120. The highest BCUT2D eigenvalue weighted by Crippen LogP contribution is 2.32. The molecule has 0 spiro atoms. The number of hydrazone groups is 1. The Morgan fingerprint density at radius 1 is 1.02 bits per heavy atom. The summed E-state index contributed by atoms with van der Waals surface area (Å²) in [4.78, 5) is 25.9. The summed E-state index contributed by atoms with van der Waals surface area (Å²) in [6.07, 6.45) is 0. The summed E-state index contributed by atoms with van der Waals surface area (Å²) >= 11 is 6.14. The van der Waals surface area contributed by atoms with Crippen LogP contribution in [0.15, 0.2) is 82.7 Å². The van der Waals surface area contributed by atoms with Crippen LogP contribution in [0, 0.1) is 0 Å². The van der Waals surface area contributed by atoms with Crippen molar-refractivity contribution in [2.75, 3.05) is 25.8 Å². The van der Waals surface area contributed by atoms with Gasteiger partial charge in [0.25, 0.3) is 0 Å². The fourth-order valence-corrected chi connectivity index (χ4v) is 4.89. The number of methoxy groups -OCH3 is 2. The predicted molar refractivity (Wildman–Crippen MR) is 165 cm³/mol. The number of primary amides is 1. The van der Waals surface area contributed by atoms with Crippen molar-refractivity contribution in [3.63, 3.8) is 0 Å². The van der Waals surface area contributed by atoms with Gasteiger partial charge >= 0.3 is 5.69 Å². The third-order valence-corrected chi connectivity index (χ3v) is 7.17. The fourth-order valence-electron chi connectivity index (χ4n) is 4.76. The number of ether oxygens (including phenoxy) is 2. The second kappa shape index (κ2) is 13.4. The first kappa shape index (κ1) is 30.4. The number of carbonyl (C=O) groups excluding carboxylic acids is 1. The summed E-state index contributed by atoms with van der Waals surface area (Å²) in [5.41, 5.74) is 8.67. The summed E-state index contributed by atoms with van der Waals surface area (Å²) < 4.78 is 13.3. The van der Waals surface area contributed by atoms with Crippen LogP contribution in [0.25, 0.3) is 0 Å². The van der Waals surface area contributed by atoms with Gasteiger partial charge in [-0.2, -0.15) is 5.10 Å².